The van der Waals surface area contributed by atoms with E-state index < -0.39 is 0 Å². The molecule has 16 heavy (non-hydrogen) atoms. The van der Waals surface area contributed by atoms with E-state index in [1.807, 2.05) is 0 Å². The second-order valence-electron chi connectivity index (χ2n) is 5.28. The lowest BCUT2D eigenvalue weighted by molar-refractivity contribution is 0.0812. The Balaban J connectivity index is 1.68. The number of rotatable bonds is 6. The minimum atomic E-state index is 0.292. The van der Waals surface area contributed by atoms with Crippen LogP contribution in [0, 0.1) is 17.8 Å². The Labute approximate surface area is 98.7 Å². The van der Waals surface area contributed by atoms with E-state index in [4.69, 9.17) is 9.84 Å². The molecule has 2 aliphatic rings. The van der Waals surface area contributed by atoms with E-state index in [1.54, 1.807) is 5.57 Å². The summed E-state index contributed by atoms with van der Waals surface area (Å²) in [4.78, 5) is 0. The van der Waals surface area contributed by atoms with Crippen molar-refractivity contribution < 1.29 is 9.84 Å². The molecule has 0 saturated heterocycles. The first-order chi connectivity index (χ1) is 7.85. The third-order valence-corrected chi connectivity index (χ3v) is 4.19. The van der Waals surface area contributed by atoms with Crippen LogP contribution >= 0.6 is 0 Å². The predicted octanol–water partition coefficient (Wildman–Crippen LogP) is 2.77. The third kappa shape index (κ3) is 2.67. The molecular formula is C14H24O2. The standard InChI is InChI=1S/C14H24O2/c1-2-12-7-11-8-13(14(12)9-11)10-16-6-4-3-5-15/h2,11,13-15H,3-10H2,1H3/t11-,13?,14+/m0/s1. The summed E-state index contributed by atoms with van der Waals surface area (Å²) in [7, 11) is 0. The molecule has 92 valence electrons. The van der Waals surface area contributed by atoms with Gasteiger partial charge in [0.05, 0.1) is 0 Å². The molecule has 2 rings (SSSR count). The highest BCUT2D eigenvalue weighted by atomic mass is 16.5. The van der Waals surface area contributed by atoms with Gasteiger partial charge < -0.3 is 9.84 Å². The second-order valence-corrected chi connectivity index (χ2v) is 5.28. The Morgan fingerprint density at radius 1 is 1.38 bits per heavy atom. The van der Waals surface area contributed by atoms with Gasteiger partial charge in [0.2, 0.25) is 0 Å². The van der Waals surface area contributed by atoms with Gasteiger partial charge in [0.25, 0.3) is 0 Å². The first kappa shape index (κ1) is 12.1. The van der Waals surface area contributed by atoms with Crippen molar-refractivity contribution in [1.82, 2.24) is 0 Å². The van der Waals surface area contributed by atoms with Crippen molar-refractivity contribution in [2.75, 3.05) is 19.8 Å². The fourth-order valence-corrected chi connectivity index (χ4v) is 3.41. The molecule has 2 heteroatoms. The van der Waals surface area contributed by atoms with Crippen molar-refractivity contribution >= 4 is 0 Å². The predicted molar refractivity (Wildman–Crippen MR) is 65.2 cm³/mol. The monoisotopic (exact) mass is 224 g/mol. The van der Waals surface area contributed by atoms with E-state index in [1.165, 1.54) is 19.3 Å². The number of allylic oxidation sites excluding steroid dienone is 2. The number of unbranched alkanes of at least 4 members (excludes halogenated alkanes) is 1. The number of aliphatic hydroxyl groups is 1. The van der Waals surface area contributed by atoms with Crippen molar-refractivity contribution in [2.24, 2.45) is 17.8 Å². The molecule has 2 bridgehead atoms. The van der Waals surface area contributed by atoms with Crippen LogP contribution < -0.4 is 0 Å². The fraction of sp³-hybridized carbons (Fsp3) is 0.857. The van der Waals surface area contributed by atoms with Crippen molar-refractivity contribution in [3.63, 3.8) is 0 Å². The molecule has 1 N–H and O–H groups in total. The van der Waals surface area contributed by atoms with Gasteiger partial charge in [0, 0.05) is 19.8 Å². The maximum Gasteiger partial charge on any atom is 0.0500 e. The zero-order valence-electron chi connectivity index (χ0n) is 10.3. The summed E-state index contributed by atoms with van der Waals surface area (Å²) < 4.78 is 5.73. The minimum absolute atomic E-state index is 0.292. The van der Waals surface area contributed by atoms with Gasteiger partial charge in [0.15, 0.2) is 0 Å². The summed E-state index contributed by atoms with van der Waals surface area (Å²) in [6.45, 7) is 4.22. The van der Waals surface area contributed by atoms with E-state index in [2.05, 4.69) is 13.0 Å². The molecule has 3 atom stereocenters. The van der Waals surface area contributed by atoms with Gasteiger partial charge in [-0.2, -0.15) is 0 Å². The minimum Gasteiger partial charge on any atom is -0.396 e. The van der Waals surface area contributed by atoms with E-state index in [0.717, 1.165) is 43.8 Å². The summed E-state index contributed by atoms with van der Waals surface area (Å²) in [5, 5.41) is 8.67. The molecule has 0 aromatic carbocycles. The second kappa shape index (κ2) is 5.83. The van der Waals surface area contributed by atoms with Crippen LogP contribution in [-0.2, 0) is 4.74 Å². The van der Waals surface area contributed by atoms with Crippen molar-refractivity contribution in [2.45, 2.75) is 39.0 Å². The molecule has 0 radical (unpaired) electrons. The SMILES string of the molecule is CC=C1C[C@H]2CC(COCCCCO)[C@@H]1C2. The van der Waals surface area contributed by atoms with Crippen LogP contribution in [0.4, 0.5) is 0 Å². The Morgan fingerprint density at radius 2 is 2.25 bits per heavy atom. The fourth-order valence-electron chi connectivity index (χ4n) is 3.41. The number of hydrogen-bond acceptors (Lipinski definition) is 2. The Kier molecular flexibility index (Phi) is 4.42. The highest BCUT2D eigenvalue weighted by molar-refractivity contribution is 5.18. The Morgan fingerprint density at radius 3 is 2.94 bits per heavy atom. The Bertz CT molecular complexity index is 247. The van der Waals surface area contributed by atoms with Crippen LogP contribution in [0.3, 0.4) is 0 Å². The molecule has 0 amide bonds. The zero-order valence-corrected chi connectivity index (χ0v) is 10.3. The van der Waals surface area contributed by atoms with Crippen molar-refractivity contribution in [3.05, 3.63) is 11.6 Å². The van der Waals surface area contributed by atoms with Crippen LogP contribution in [0.1, 0.15) is 39.0 Å². The van der Waals surface area contributed by atoms with E-state index in [-0.39, 0.29) is 0 Å². The largest absolute Gasteiger partial charge is 0.396 e. The topological polar surface area (TPSA) is 29.5 Å². The summed E-state index contributed by atoms with van der Waals surface area (Å²) in [6, 6.07) is 0. The molecule has 2 saturated carbocycles. The van der Waals surface area contributed by atoms with Gasteiger partial charge in [-0.15, -0.1) is 0 Å². The number of aliphatic hydroxyl groups excluding tert-OH is 1. The lowest BCUT2D eigenvalue weighted by atomic mass is 9.85. The summed E-state index contributed by atoms with van der Waals surface area (Å²) in [6.07, 6.45) is 8.32. The van der Waals surface area contributed by atoms with Crippen LogP contribution in [0.2, 0.25) is 0 Å². The molecule has 2 nitrogen and oxygen atoms in total. The van der Waals surface area contributed by atoms with E-state index in [0.29, 0.717) is 6.61 Å². The molecule has 0 heterocycles. The van der Waals surface area contributed by atoms with Crippen molar-refractivity contribution in [3.8, 4) is 0 Å². The van der Waals surface area contributed by atoms with Gasteiger partial charge in [-0.05, 0) is 56.8 Å². The quantitative estimate of drug-likeness (QED) is 0.555. The lowest BCUT2D eigenvalue weighted by Crippen LogP contribution is -2.19. The normalized spacial score (nSPS) is 35.1. The first-order valence-electron chi connectivity index (χ1n) is 6.68. The van der Waals surface area contributed by atoms with Crippen LogP contribution in [-0.4, -0.2) is 24.9 Å². The number of fused-ring (bicyclic) bond motifs is 2. The van der Waals surface area contributed by atoms with Crippen molar-refractivity contribution in [1.29, 1.82) is 0 Å². The Hall–Kier alpha value is -0.340. The average Bonchev–Trinajstić information content (AvgIpc) is 2.87. The van der Waals surface area contributed by atoms with Gasteiger partial charge >= 0.3 is 0 Å². The third-order valence-electron chi connectivity index (χ3n) is 4.19. The van der Waals surface area contributed by atoms with Gasteiger partial charge in [-0.1, -0.05) is 11.6 Å². The molecule has 2 aliphatic carbocycles. The number of ether oxygens (including phenoxy) is 1. The molecular weight excluding hydrogens is 200 g/mol. The maximum absolute atomic E-state index is 8.67. The van der Waals surface area contributed by atoms with E-state index >= 15 is 0 Å². The van der Waals surface area contributed by atoms with Crippen LogP contribution in [0.25, 0.3) is 0 Å². The maximum atomic E-state index is 8.67. The molecule has 0 aromatic heterocycles. The molecule has 2 fully saturated rings. The molecule has 1 unspecified atom stereocenters. The summed E-state index contributed by atoms with van der Waals surface area (Å²) in [5.41, 5.74) is 1.68. The summed E-state index contributed by atoms with van der Waals surface area (Å²) >= 11 is 0. The molecule has 0 aliphatic heterocycles. The van der Waals surface area contributed by atoms with Gasteiger partial charge in [-0.25, -0.2) is 0 Å². The van der Waals surface area contributed by atoms with Gasteiger partial charge in [0.1, 0.15) is 0 Å². The van der Waals surface area contributed by atoms with Gasteiger partial charge in [-0.3, -0.25) is 0 Å². The van der Waals surface area contributed by atoms with E-state index in [9.17, 15) is 0 Å². The van der Waals surface area contributed by atoms with Crippen LogP contribution in [0.5, 0.6) is 0 Å². The highest BCUT2D eigenvalue weighted by Gasteiger charge is 2.42. The zero-order chi connectivity index (χ0) is 11.4. The average molecular weight is 224 g/mol. The lowest BCUT2D eigenvalue weighted by Gasteiger charge is -2.24. The number of hydrogen-bond donors (Lipinski definition) is 1. The summed E-state index contributed by atoms with van der Waals surface area (Å²) in [5.74, 6) is 2.55. The first-order valence-corrected chi connectivity index (χ1v) is 6.68. The van der Waals surface area contributed by atoms with Crippen LogP contribution in [0.15, 0.2) is 11.6 Å². The highest BCUT2D eigenvalue weighted by Crippen LogP contribution is 2.51. The smallest absolute Gasteiger partial charge is 0.0500 e. The molecule has 0 spiro atoms. The molecule has 0 aromatic rings.